The minimum absolute atomic E-state index is 0.0144. The molecule has 0 unspecified atom stereocenters. The van der Waals surface area contributed by atoms with E-state index in [0.29, 0.717) is 24.2 Å². The van der Waals surface area contributed by atoms with E-state index in [-0.39, 0.29) is 17.2 Å². The van der Waals surface area contributed by atoms with Gasteiger partial charge in [0.15, 0.2) is 18.2 Å². The maximum Gasteiger partial charge on any atom is 0.264 e. The summed E-state index contributed by atoms with van der Waals surface area (Å²) in [5, 5.41) is 2.64. The molecule has 0 aliphatic carbocycles. The molecule has 1 heterocycles. The number of para-hydroxylation sites is 1. The molecule has 0 bridgehead atoms. The summed E-state index contributed by atoms with van der Waals surface area (Å²) < 4.78 is 59.6. The number of ether oxygens (including phenoxy) is 1. The number of carbonyl (C=O) groups is 1. The number of nitrogens with one attached hydrogen (secondary N) is 1. The van der Waals surface area contributed by atoms with Crippen LogP contribution in [0.2, 0.25) is 0 Å². The molecular weight excluding hydrogens is 438 g/mol. The average Bonchev–Trinajstić information content (AvgIpc) is 2.78. The zero-order chi connectivity index (χ0) is 22.7. The van der Waals surface area contributed by atoms with Gasteiger partial charge in [-0.25, -0.2) is 17.2 Å². The zero-order valence-corrected chi connectivity index (χ0v) is 17.7. The minimum Gasteiger partial charge on any atom is -0.481 e. The van der Waals surface area contributed by atoms with Crippen LogP contribution in [0.3, 0.4) is 0 Å². The Morgan fingerprint density at radius 3 is 2.53 bits per heavy atom. The first kappa shape index (κ1) is 21.8. The quantitative estimate of drug-likeness (QED) is 0.603. The first-order chi connectivity index (χ1) is 15.3. The molecule has 0 aromatic heterocycles. The Morgan fingerprint density at radius 2 is 1.78 bits per heavy atom. The largest absolute Gasteiger partial charge is 0.481 e. The molecule has 3 aromatic rings. The molecule has 4 rings (SSSR count). The van der Waals surface area contributed by atoms with Crippen LogP contribution in [0.4, 0.5) is 20.2 Å². The highest BCUT2D eigenvalue weighted by molar-refractivity contribution is 7.92. The van der Waals surface area contributed by atoms with Crippen LogP contribution < -0.4 is 14.4 Å². The number of anilines is 2. The smallest absolute Gasteiger partial charge is 0.264 e. The van der Waals surface area contributed by atoms with Crippen molar-refractivity contribution < 1.29 is 26.7 Å². The maximum absolute atomic E-state index is 13.6. The lowest BCUT2D eigenvalue weighted by molar-refractivity contribution is -0.118. The van der Waals surface area contributed by atoms with Gasteiger partial charge in [-0.3, -0.25) is 9.10 Å². The van der Waals surface area contributed by atoms with Crippen LogP contribution in [0, 0.1) is 11.6 Å². The van der Waals surface area contributed by atoms with Gasteiger partial charge in [-0.15, -0.1) is 0 Å². The average molecular weight is 458 g/mol. The van der Waals surface area contributed by atoms with Gasteiger partial charge >= 0.3 is 0 Å². The van der Waals surface area contributed by atoms with Crippen molar-refractivity contribution in [3.63, 3.8) is 0 Å². The molecule has 3 aromatic carbocycles. The third-order valence-electron chi connectivity index (χ3n) is 5.04. The number of benzene rings is 3. The molecule has 166 valence electrons. The number of hydrogen-bond acceptors (Lipinski definition) is 4. The fourth-order valence-electron chi connectivity index (χ4n) is 3.50. The molecule has 0 saturated carbocycles. The summed E-state index contributed by atoms with van der Waals surface area (Å²) in [7, 11) is -3.90. The van der Waals surface area contributed by atoms with E-state index in [1.54, 1.807) is 24.3 Å². The topological polar surface area (TPSA) is 75.7 Å². The van der Waals surface area contributed by atoms with Crippen molar-refractivity contribution in [3.8, 4) is 5.75 Å². The highest BCUT2D eigenvalue weighted by Gasteiger charge is 2.29. The van der Waals surface area contributed by atoms with E-state index >= 15 is 0 Å². The maximum atomic E-state index is 13.6. The molecule has 1 amide bonds. The third-order valence-corrected chi connectivity index (χ3v) is 6.87. The lowest BCUT2D eigenvalue weighted by atomic mass is 10.0. The van der Waals surface area contributed by atoms with E-state index in [1.165, 1.54) is 34.6 Å². The first-order valence-electron chi connectivity index (χ1n) is 9.93. The third kappa shape index (κ3) is 4.57. The molecule has 1 aliphatic rings. The fraction of sp³-hybridized carbons (Fsp3) is 0.174. The van der Waals surface area contributed by atoms with E-state index in [1.807, 2.05) is 0 Å². The standard InChI is InChI=1S/C23H20F2N2O4S/c24-17-8-11-19(12-9-17)32(29,30)27-13-3-4-16-7-10-18(14-21(16)27)26-23(28)15-31-22-6-2-1-5-20(22)25/h1-2,5-12,14H,3-4,13,15H2,(H,26,28). The van der Waals surface area contributed by atoms with Crippen molar-refractivity contribution in [2.24, 2.45) is 0 Å². The van der Waals surface area contributed by atoms with Crippen molar-refractivity contribution in [1.82, 2.24) is 0 Å². The van der Waals surface area contributed by atoms with Gasteiger partial charge in [-0.2, -0.15) is 0 Å². The van der Waals surface area contributed by atoms with Crippen LogP contribution in [0.5, 0.6) is 5.75 Å². The summed E-state index contributed by atoms with van der Waals surface area (Å²) in [4.78, 5) is 12.3. The Hall–Kier alpha value is -3.46. The van der Waals surface area contributed by atoms with E-state index in [2.05, 4.69) is 5.32 Å². The van der Waals surface area contributed by atoms with Crippen LogP contribution in [0.1, 0.15) is 12.0 Å². The highest BCUT2D eigenvalue weighted by atomic mass is 32.2. The fourth-order valence-corrected chi connectivity index (χ4v) is 5.04. The Kier molecular flexibility index (Phi) is 6.09. The second kappa shape index (κ2) is 8.96. The van der Waals surface area contributed by atoms with E-state index in [9.17, 15) is 22.0 Å². The molecule has 0 fully saturated rings. The van der Waals surface area contributed by atoms with Crippen molar-refractivity contribution in [1.29, 1.82) is 0 Å². The number of hydrogen-bond donors (Lipinski definition) is 1. The zero-order valence-electron chi connectivity index (χ0n) is 16.9. The number of sulfonamides is 1. The number of halogens is 2. The summed E-state index contributed by atoms with van der Waals surface area (Å²) in [5.74, 6) is -1.65. The van der Waals surface area contributed by atoms with Gasteiger partial charge in [-0.1, -0.05) is 18.2 Å². The van der Waals surface area contributed by atoms with E-state index in [0.717, 1.165) is 17.7 Å². The number of nitrogens with zero attached hydrogens (tertiary/aromatic N) is 1. The Labute approximate surface area is 184 Å². The normalized spacial score (nSPS) is 13.4. The van der Waals surface area contributed by atoms with Crippen LogP contribution in [-0.2, 0) is 21.2 Å². The summed E-state index contributed by atoms with van der Waals surface area (Å²) >= 11 is 0. The highest BCUT2D eigenvalue weighted by Crippen LogP contribution is 2.34. The number of fused-ring (bicyclic) bond motifs is 1. The minimum atomic E-state index is -3.90. The van der Waals surface area contributed by atoms with Gasteiger partial charge in [0.1, 0.15) is 5.82 Å². The predicted molar refractivity (Wildman–Crippen MR) is 116 cm³/mol. The summed E-state index contributed by atoms with van der Waals surface area (Å²) in [6.45, 7) is -0.143. The Morgan fingerprint density at radius 1 is 1.03 bits per heavy atom. The molecule has 6 nitrogen and oxygen atoms in total. The molecule has 32 heavy (non-hydrogen) atoms. The molecule has 0 spiro atoms. The second-order valence-corrected chi connectivity index (χ2v) is 9.11. The van der Waals surface area contributed by atoms with Gasteiger partial charge in [0.25, 0.3) is 15.9 Å². The van der Waals surface area contributed by atoms with Crippen LogP contribution in [0.15, 0.2) is 71.6 Å². The lowest BCUT2D eigenvalue weighted by Gasteiger charge is -2.31. The van der Waals surface area contributed by atoms with Crippen LogP contribution >= 0.6 is 0 Å². The summed E-state index contributed by atoms with van der Waals surface area (Å²) in [5.41, 5.74) is 1.66. The number of rotatable bonds is 6. The van der Waals surface area contributed by atoms with Crippen molar-refractivity contribution in [2.45, 2.75) is 17.7 Å². The molecule has 0 saturated heterocycles. The number of carbonyl (C=O) groups excluding carboxylic acids is 1. The van der Waals surface area contributed by atoms with E-state index < -0.39 is 34.2 Å². The second-order valence-electron chi connectivity index (χ2n) is 7.25. The Balaban J connectivity index is 1.53. The summed E-state index contributed by atoms with van der Waals surface area (Å²) in [6.07, 6.45) is 1.32. The number of amides is 1. The van der Waals surface area contributed by atoms with Crippen LogP contribution in [-0.4, -0.2) is 27.5 Å². The summed E-state index contributed by atoms with van der Waals surface area (Å²) in [6, 6.07) is 15.4. The molecule has 0 atom stereocenters. The van der Waals surface area contributed by atoms with Crippen molar-refractivity contribution >= 4 is 27.3 Å². The first-order valence-corrected chi connectivity index (χ1v) is 11.4. The van der Waals surface area contributed by atoms with Crippen molar-refractivity contribution in [2.75, 3.05) is 22.8 Å². The van der Waals surface area contributed by atoms with Crippen LogP contribution in [0.25, 0.3) is 0 Å². The van der Waals surface area contributed by atoms with Gasteiger partial charge < -0.3 is 10.1 Å². The van der Waals surface area contributed by atoms with Gasteiger partial charge in [0.2, 0.25) is 0 Å². The molecule has 1 aliphatic heterocycles. The van der Waals surface area contributed by atoms with Gasteiger partial charge in [0, 0.05) is 12.2 Å². The van der Waals surface area contributed by atoms with Gasteiger partial charge in [-0.05, 0) is 66.9 Å². The lowest BCUT2D eigenvalue weighted by Crippen LogP contribution is -2.35. The Bertz CT molecular complexity index is 1250. The number of aryl methyl sites for hydroxylation is 1. The molecule has 1 N–H and O–H groups in total. The van der Waals surface area contributed by atoms with Gasteiger partial charge in [0.05, 0.1) is 10.6 Å². The monoisotopic (exact) mass is 458 g/mol. The molecular formula is C23H20F2N2O4S. The van der Waals surface area contributed by atoms with E-state index in [4.69, 9.17) is 4.74 Å². The molecule has 9 heteroatoms. The SMILES string of the molecule is O=C(COc1ccccc1F)Nc1ccc2c(c1)N(S(=O)(=O)c1ccc(F)cc1)CCC2. The predicted octanol–water partition coefficient (Wildman–Crippen LogP) is 4.12. The molecule has 0 radical (unpaired) electrons. The van der Waals surface area contributed by atoms with Crippen molar-refractivity contribution in [3.05, 3.63) is 83.9 Å².